The zero-order chi connectivity index (χ0) is 15.4. The molecule has 0 aliphatic rings. The Hall–Kier alpha value is -1.88. The summed E-state index contributed by atoms with van der Waals surface area (Å²) in [6.07, 6.45) is 3.34. The van der Waals surface area contributed by atoms with Gasteiger partial charge in [0.25, 0.3) is 0 Å². The van der Waals surface area contributed by atoms with Crippen molar-refractivity contribution in [1.29, 1.82) is 0 Å². The van der Waals surface area contributed by atoms with E-state index in [0.29, 0.717) is 11.0 Å². The Morgan fingerprint density at radius 3 is 1.39 bits per heavy atom. The third-order valence-electron chi connectivity index (χ3n) is 3.22. The van der Waals surface area contributed by atoms with Crippen molar-refractivity contribution in [2.45, 2.75) is 0 Å². The number of phenols is 2. The van der Waals surface area contributed by atoms with Gasteiger partial charge in [0.05, 0.1) is 0 Å². The van der Waals surface area contributed by atoms with Gasteiger partial charge in [-0.25, -0.2) is 0 Å². The van der Waals surface area contributed by atoms with E-state index in [2.05, 4.69) is 9.97 Å². The zero-order valence-corrected chi connectivity index (χ0v) is 14.6. The van der Waals surface area contributed by atoms with Crippen LogP contribution in [-0.4, -0.2) is 57.9 Å². The summed E-state index contributed by atoms with van der Waals surface area (Å²) in [5.41, 5.74) is 1.32. The number of aromatic hydroxyl groups is 2. The van der Waals surface area contributed by atoms with Gasteiger partial charge in [-0.2, -0.15) is 0 Å². The number of pyridine rings is 2. The molecule has 0 saturated heterocycles. The Balaban J connectivity index is 0.000000411. The molecule has 0 aliphatic heterocycles. The molecule has 0 fully saturated rings. The summed E-state index contributed by atoms with van der Waals surface area (Å²) in [5, 5.41) is 20.5. The van der Waals surface area contributed by atoms with E-state index in [-0.39, 0.29) is 52.1 Å². The van der Waals surface area contributed by atoms with Crippen LogP contribution in [0.4, 0.5) is 0 Å². The van der Waals surface area contributed by atoms with Crippen LogP contribution in [-0.2, 0) is 0 Å². The first-order chi connectivity index (χ1) is 10.8. The Morgan fingerprint density at radius 2 is 1.00 bits per heavy atom. The van der Waals surface area contributed by atoms with Crippen molar-refractivity contribution in [3.8, 4) is 11.5 Å². The summed E-state index contributed by atoms with van der Waals surface area (Å²) in [6.45, 7) is 0. The smallest absolute Gasteiger partial charge is 1.00 e. The van der Waals surface area contributed by atoms with Crippen LogP contribution in [0.1, 0.15) is 2.85 Å². The van der Waals surface area contributed by atoms with E-state index >= 15 is 0 Å². The van der Waals surface area contributed by atoms with Gasteiger partial charge in [0.1, 0.15) is 22.5 Å². The predicted molar refractivity (Wildman–Crippen MR) is 94.8 cm³/mol. The third-order valence-corrected chi connectivity index (χ3v) is 3.22. The SMILES string of the molecule is Oc1cccc2cccnc12.Oc1cccc2cccnc12.[Ca+2].[H-].[H-]. The number of hydrogen-bond donors (Lipinski definition) is 2. The fraction of sp³-hybridized carbons (Fsp3) is 0. The number of hydrogen-bond acceptors (Lipinski definition) is 4. The van der Waals surface area contributed by atoms with Crippen molar-refractivity contribution in [1.82, 2.24) is 9.97 Å². The molecule has 0 bridgehead atoms. The molecule has 4 nitrogen and oxygen atoms in total. The fourth-order valence-corrected chi connectivity index (χ4v) is 2.18. The molecule has 4 aromatic rings. The molecule has 0 radical (unpaired) electrons. The molecule has 0 spiro atoms. The maximum Gasteiger partial charge on any atom is 2.00 e. The first-order valence-corrected chi connectivity index (χ1v) is 6.81. The largest absolute Gasteiger partial charge is 2.00 e. The van der Waals surface area contributed by atoms with E-state index < -0.39 is 0 Å². The summed E-state index contributed by atoms with van der Waals surface area (Å²) in [5.74, 6) is 0.478. The molecular weight excluding hydrogens is 316 g/mol. The minimum absolute atomic E-state index is 0. The molecule has 2 heterocycles. The van der Waals surface area contributed by atoms with Gasteiger partial charge in [-0.1, -0.05) is 36.4 Å². The van der Waals surface area contributed by atoms with Crippen LogP contribution in [0.2, 0.25) is 0 Å². The van der Waals surface area contributed by atoms with Crippen molar-refractivity contribution < 1.29 is 13.1 Å². The molecule has 23 heavy (non-hydrogen) atoms. The van der Waals surface area contributed by atoms with Crippen molar-refractivity contribution in [3.63, 3.8) is 0 Å². The van der Waals surface area contributed by atoms with Gasteiger partial charge in [-0.15, -0.1) is 0 Å². The van der Waals surface area contributed by atoms with Gasteiger partial charge in [0, 0.05) is 23.2 Å². The zero-order valence-electron chi connectivity index (χ0n) is 14.4. The number of para-hydroxylation sites is 2. The molecule has 0 atom stereocenters. The third kappa shape index (κ3) is 4.10. The van der Waals surface area contributed by atoms with E-state index in [0.717, 1.165) is 10.8 Å². The number of rotatable bonds is 0. The topological polar surface area (TPSA) is 66.2 Å². The van der Waals surface area contributed by atoms with E-state index in [1.807, 2.05) is 36.4 Å². The van der Waals surface area contributed by atoms with Crippen LogP contribution in [0.3, 0.4) is 0 Å². The first-order valence-electron chi connectivity index (χ1n) is 6.81. The van der Waals surface area contributed by atoms with Crippen molar-refractivity contribution in [3.05, 3.63) is 73.1 Å². The number of nitrogens with zero attached hydrogens (tertiary/aromatic N) is 2. The average Bonchev–Trinajstić information content (AvgIpc) is 2.57. The van der Waals surface area contributed by atoms with E-state index in [9.17, 15) is 10.2 Å². The van der Waals surface area contributed by atoms with Gasteiger partial charge in [0.15, 0.2) is 0 Å². The Morgan fingerprint density at radius 1 is 0.609 bits per heavy atom. The van der Waals surface area contributed by atoms with Gasteiger partial charge in [-0.3, -0.25) is 9.97 Å². The second-order valence-corrected chi connectivity index (χ2v) is 4.70. The summed E-state index contributed by atoms with van der Waals surface area (Å²) in [4.78, 5) is 8.06. The Labute approximate surface area is 166 Å². The molecule has 0 unspecified atom stereocenters. The summed E-state index contributed by atoms with van der Waals surface area (Å²) >= 11 is 0. The van der Waals surface area contributed by atoms with Crippen LogP contribution in [0.15, 0.2) is 73.1 Å². The normalized spacial score (nSPS) is 9.74. The molecule has 5 heteroatoms. The number of phenolic OH excluding ortho intramolecular Hbond substituents is 2. The van der Waals surface area contributed by atoms with Crippen molar-refractivity contribution in [2.24, 2.45) is 0 Å². The average molecular weight is 332 g/mol. The summed E-state index contributed by atoms with van der Waals surface area (Å²) < 4.78 is 0. The van der Waals surface area contributed by atoms with E-state index in [1.54, 1.807) is 36.7 Å². The molecule has 0 amide bonds. The molecule has 0 saturated carbocycles. The maximum absolute atomic E-state index is 9.31. The molecule has 0 aliphatic carbocycles. The number of aromatic nitrogens is 2. The van der Waals surface area contributed by atoms with Gasteiger partial charge >= 0.3 is 37.7 Å². The van der Waals surface area contributed by atoms with Crippen molar-refractivity contribution in [2.75, 3.05) is 0 Å². The van der Waals surface area contributed by atoms with Crippen LogP contribution in [0.5, 0.6) is 11.5 Å². The maximum atomic E-state index is 9.31. The molecule has 2 N–H and O–H groups in total. The Kier molecular flexibility index (Phi) is 6.16. The second-order valence-electron chi connectivity index (χ2n) is 4.70. The monoisotopic (exact) mass is 332 g/mol. The summed E-state index contributed by atoms with van der Waals surface area (Å²) in [7, 11) is 0. The van der Waals surface area contributed by atoms with Gasteiger partial charge in [0.2, 0.25) is 0 Å². The van der Waals surface area contributed by atoms with Crippen LogP contribution >= 0.6 is 0 Å². The molecule has 112 valence electrons. The molecule has 2 aromatic heterocycles. The number of benzene rings is 2. The van der Waals surface area contributed by atoms with Gasteiger partial charge < -0.3 is 13.1 Å². The van der Waals surface area contributed by atoms with Crippen LogP contribution in [0.25, 0.3) is 21.8 Å². The molecular formula is C18H16CaN2O2. The predicted octanol–water partition coefficient (Wildman–Crippen LogP) is 3.73. The Bertz CT molecular complexity index is 851. The van der Waals surface area contributed by atoms with E-state index in [4.69, 9.17) is 0 Å². The first kappa shape index (κ1) is 17.5. The number of fused-ring (bicyclic) bond motifs is 2. The van der Waals surface area contributed by atoms with Crippen LogP contribution in [0, 0.1) is 0 Å². The van der Waals surface area contributed by atoms with Gasteiger partial charge in [-0.05, 0) is 24.3 Å². The minimum atomic E-state index is 0. The van der Waals surface area contributed by atoms with Crippen molar-refractivity contribution >= 4 is 59.5 Å². The standard InChI is InChI=1S/2C9H7NO.Ca.2H/c2*11-8-5-1-3-7-4-2-6-10-9(7)8;;;/h2*1-6,11H;;;/q;;+2;2*-1. The van der Waals surface area contributed by atoms with Crippen LogP contribution < -0.4 is 0 Å². The quantitative estimate of drug-likeness (QED) is 0.482. The molecule has 2 aromatic carbocycles. The molecule has 4 rings (SSSR count). The second kappa shape index (κ2) is 8.11. The minimum Gasteiger partial charge on any atom is -1.00 e. The fourth-order valence-electron chi connectivity index (χ4n) is 2.18. The summed E-state index contributed by atoms with van der Waals surface area (Å²) in [6, 6.07) is 18.3. The van der Waals surface area contributed by atoms with E-state index in [1.165, 1.54) is 0 Å².